The lowest BCUT2D eigenvalue weighted by molar-refractivity contribution is -0.137. The van der Waals surface area contributed by atoms with Crippen LogP contribution in [0.4, 0.5) is 0 Å². The summed E-state index contributed by atoms with van der Waals surface area (Å²) in [5, 5.41) is 12.3. The molecule has 0 fully saturated rings. The Hall–Kier alpha value is -0.570. The quantitative estimate of drug-likeness (QED) is 0.0604. The van der Waals surface area contributed by atoms with Crippen molar-refractivity contribution < 1.29 is 9.90 Å². The van der Waals surface area contributed by atoms with Gasteiger partial charge in [0.25, 0.3) is 0 Å². The molecule has 56 heavy (non-hydrogen) atoms. The van der Waals surface area contributed by atoms with Crippen LogP contribution in [0.25, 0.3) is 0 Å². The van der Waals surface area contributed by atoms with Gasteiger partial charge in [0.1, 0.15) is 0 Å². The predicted octanol–water partition coefficient (Wildman–Crippen LogP) is 18.8. The predicted molar refractivity (Wildman–Crippen MR) is 252 cm³/mol. The average Bonchev–Trinajstić information content (AvgIpc) is 3.20. The van der Waals surface area contributed by atoms with E-state index in [2.05, 4.69) is 12.2 Å². The van der Waals surface area contributed by atoms with Gasteiger partial charge in [0.05, 0.1) is 0 Å². The van der Waals surface area contributed by atoms with Crippen LogP contribution in [0.5, 0.6) is 0 Å². The van der Waals surface area contributed by atoms with Gasteiger partial charge in [-0.3, -0.25) is 4.79 Å². The number of nitrogens with one attached hydrogen (secondary N) is 1. The molecule has 0 saturated carbocycles. The van der Waals surface area contributed by atoms with Gasteiger partial charge >= 0.3 is 5.97 Å². The Labute approximate surface area is 354 Å². The molecular formula is C53H107NO2. The minimum Gasteiger partial charge on any atom is -0.481 e. The highest BCUT2D eigenvalue weighted by molar-refractivity contribution is 5.66. The molecule has 0 bridgehead atoms. The van der Waals surface area contributed by atoms with Crippen molar-refractivity contribution in [3.05, 3.63) is 0 Å². The van der Waals surface area contributed by atoms with Crippen molar-refractivity contribution >= 4 is 5.97 Å². The minimum atomic E-state index is -0.646. The zero-order valence-corrected chi connectivity index (χ0v) is 38.9. The minimum absolute atomic E-state index is 0.347. The Morgan fingerprint density at radius 2 is 0.429 bits per heavy atom. The molecule has 0 radical (unpaired) electrons. The third-order valence-corrected chi connectivity index (χ3v) is 12.7. The van der Waals surface area contributed by atoms with E-state index in [9.17, 15) is 4.79 Å². The molecule has 0 spiro atoms. The summed E-state index contributed by atoms with van der Waals surface area (Å²) in [5.41, 5.74) is 0. The van der Waals surface area contributed by atoms with E-state index in [0.29, 0.717) is 6.42 Å². The van der Waals surface area contributed by atoms with E-state index in [1.807, 2.05) is 0 Å². The van der Waals surface area contributed by atoms with Crippen molar-refractivity contribution in [1.29, 1.82) is 0 Å². The third-order valence-electron chi connectivity index (χ3n) is 12.7. The molecule has 0 aromatic rings. The molecule has 3 heteroatoms. The fourth-order valence-corrected chi connectivity index (χ4v) is 8.75. The first-order chi connectivity index (χ1) is 27.8. The van der Waals surface area contributed by atoms with E-state index < -0.39 is 5.97 Å². The highest BCUT2D eigenvalue weighted by atomic mass is 16.4. The van der Waals surface area contributed by atoms with Crippen LogP contribution < -0.4 is 5.32 Å². The van der Waals surface area contributed by atoms with Crippen molar-refractivity contribution in [3.8, 4) is 0 Å². The molecule has 0 unspecified atom stereocenters. The maximum Gasteiger partial charge on any atom is 0.303 e. The largest absolute Gasteiger partial charge is 0.481 e. The average molecular weight is 790 g/mol. The number of carbonyl (C=O) groups is 1. The summed E-state index contributed by atoms with van der Waals surface area (Å²) in [6.07, 6.45) is 68.7. The number of unbranched alkanes of at least 4 members (excludes halogenated alkanes) is 46. The van der Waals surface area contributed by atoms with Crippen LogP contribution >= 0.6 is 0 Å². The van der Waals surface area contributed by atoms with Crippen LogP contribution in [0.15, 0.2) is 0 Å². The van der Waals surface area contributed by atoms with Crippen LogP contribution in [-0.2, 0) is 4.79 Å². The molecule has 0 rings (SSSR count). The summed E-state index contributed by atoms with van der Waals surface area (Å²) < 4.78 is 0. The van der Waals surface area contributed by atoms with Crippen LogP contribution in [0.1, 0.15) is 322 Å². The van der Waals surface area contributed by atoms with Crippen LogP contribution in [0.2, 0.25) is 0 Å². The second-order valence-corrected chi connectivity index (χ2v) is 18.5. The topological polar surface area (TPSA) is 49.3 Å². The van der Waals surface area contributed by atoms with Crippen LogP contribution in [0.3, 0.4) is 0 Å². The summed E-state index contributed by atoms with van der Waals surface area (Å²) in [4.78, 5) is 10.5. The van der Waals surface area contributed by atoms with E-state index in [4.69, 9.17) is 5.11 Å². The third kappa shape index (κ3) is 53.4. The van der Waals surface area contributed by atoms with E-state index in [1.54, 1.807) is 0 Å². The highest BCUT2D eigenvalue weighted by Gasteiger charge is 2.00. The summed E-state index contributed by atoms with van der Waals surface area (Å²) in [5.74, 6) is -0.646. The van der Waals surface area contributed by atoms with Gasteiger partial charge in [-0.05, 0) is 32.4 Å². The molecule has 0 aliphatic heterocycles. The molecule has 336 valence electrons. The maximum absolute atomic E-state index is 10.5. The number of rotatable bonds is 52. The fraction of sp³-hybridized carbons (Fsp3) is 0.981. The van der Waals surface area contributed by atoms with Crippen LogP contribution in [0, 0.1) is 0 Å². The molecular weight excluding hydrogens is 683 g/mol. The molecule has 0 amide bonds. The van der Waals surface area contributed by atoms with Gasteiger partial charge in [0, 0.05) is 6.42 Å². The Morgan fingerprint density at radius 3 is 0.607 bits per heavy atom. The lowest BCUT2D eigenvalue weighted by atomic mass is 10.0. The number of aliphatic carboxylic acids is 1. The number of hydrogen-bond donors (Lipinski definition) is 2. The first-order valence-electron chi connectivity index (χ1n) is 26.7. The monoisotopic (exact) mass is 790 g/mol. The van der Waals surface area contributed by atoms with Crippen molar-refractivity contribution in [2.24, 2.45) is 0 Å². The Balaban J connectivity index is 3.06. The molecule has 0 atom stereocenters. The molecule has 0 saturated heterocycles. The number of carboxylic acids is 1. The van der Waals surface area contributed by atoms with E-state index >= 15 is 0 Å². The molecule has 0 aromatic carbocycles. The van der Waals surface area contributed by atoms with Crippen LogP contribution in [-0.4, -0.2) is 24.2 Å². The fourth-order valence-electron chi connectivity index (χ4n) is 8.75. The van der Waals surface area contributed by atoms with E-state index in [-0.39, 0.29) is 0 Å². The molecule has 3 nitrogen and oxygen atoms in total. The lowest BCUT2D eigenvalue weighted by Crippen LogP contribution is -2.16. The maximum atomic E-state index is 10.5. The molecule has 0 aliphatic rings. The zero-order chi connectivity index (χ0) is 40.3. The number of carboxylic acid groups (broad SMARTS) is 1. The standard InChI is InChI=1S/C53H107NO2/c1-2-3-4-48-51-54-52-49-46-44-42-40-38-36-34-32-30-28-26-24-22-20-18-16-14-12-10-8-6-5-7-9-11-13-15-17-19-21-23-25-27-29-31-33-35-37-39-41-43-45-47-50-53(55)56/h54H,2-52H2,1H3,(H,55,56). The van der Waals surface area contributed by atoms with Crippen molar-refractivity contribution in [2.75, 3.05) is 13.1 Å². The second kappa shape index (κ2) is 52.4. The summed E-state index contributed by atoms with van der Waals surface area (Å²) >= 11 is 0. The number of hydrogen-bond acceptors (Lipinski definition) is 2. The molecule has 0 aliphatic carbocycles. The zero-order valence-electron chi connectivity index (χ0n) is 38.9. The summed E-state index contributed by atoms with van der Waals surface area (Å²) in [7, 11) is 0. The Morgan fingerprint density at radius 1 is 0.268 bits per heavy atom. The first-order valence-corrected chi connectivity index (χ1v) is 26.7. The Kier molecular flexibility index (Phi) is 51.9. The van der Waals surface area contributed by atoms with Gasteiger partial charge < -0.3 is 10.4 Å². The van der Waals surface area contributed by atoms with Gasteiger partial charge in [-0.2, -0.15) is 0 Å². The normalized spacial score (nSPS) is 11.6. The smallest absolute Gasteiger partial charge is 0.303 e. The van der Waals surface area contributed by atoms with E-state index in [0.717, 1.165) is 12.8 Å². The lowest BCUT2D eigenvalue weighted by Gasteiger charge is -2.05. The van der Waals surface area contributed by atoms with Gasteiger partial charge in [-0.25, -0.2) is 0 Å². The summed E-state index contributed by atoms with van der Waals surface area (Å²) in [6, 6.07) is 0. The van der Waals surface area contributed by atoms with Gasteiger partial charge in [0.15, 0.2) is 0 Å². The second-order valence-electron chi connectivity index (χ2n) is 18.5. The van der Waals surface area contributed by atoms with Crippen molar-refractivity contribution in [1.82, 2.24) is 5.32 Å². The van der Waals surface area contributed by atoms with Gasteiger partial charge in [0.2, 0.25) is 0 Å². The van der Waals surface area contributed by atoms with Gasteiger partial charge in [-0.15, -0.1) is 0 Å². The van der Waals surface area contributed by atoms with Crippen molar-refractivity contribution in [3.63, 3.8) is 0 Å². The highest BCUT2D eigenvalue weighted by Crippen LogP contribution is 2.18. The molecule has 2 N–H and O–H groups in total. The Bertz CT molecular complexity index is 695. The van der Waals surface area contributed by atoms with E-state index in [1.165, 1.54) is 308 Å². The van der Waals surface area contributed by atoms with Gasteiger partial charge in [-0.1, -0.05) is 296 Å². The summed E-state index contributed by atoms with van der Waals surface area (Å²) in [6.45, 7) is 4.76. The molecule has 0 heterocycles. The van der Waals surface area contributed by atoms with Crippen molar-refractivity contribution in [2.45, 2.75) is 322 Å². The molecule has 0 aromatic heterocycles. The SMILES string of the molecule is CCCCCCNCCCCCCCCCCCCCCCCCCCCCCCCCCCCCCCCCCCCCCCCCCCCCCC(=O)O. The first kappa shape index (κ1) is 55.4.